The Bertz CT molecular complexity index is 424. The number of hydrogen-bond donors (Lipinski definition) is 1. The molecule has 0 heterocycles. The minimum Gasteiger partial charge on any atom is -0.359 e. The third-order valence-electron chi connectivity index (χ3n) is 3.04. The van der Waals surface area contributed by atoms with E-state index in [1.807, 2.05) is 0 Å². The first-order valence-corrected chi connectivity index (χ1v) is 5.32. The third-order valence-corrected chi connectivity index (χ3v) is 3.04. The van der Waals surface area contributed by atoms with E-state index in [-0.39, 0.29) is 17.7 Å². The first-order chi connectivity index (χ1) is 7.93. The zero-order chi connectivity index (χ0) is 12.6. The van der Waals surface area contributed by atoms with E-state index in [1.165, 1.54) is 12.1 Å². The molecule has 2 unspecified atom stereocenters. The smallest absolute Gasteiger partial charge is 0.359 e. The number of amides is 1. The number of rotatable bonds is 2. The molecule has 92 valence electrons. The van der Waals surface area contributed by atoms with Gasteiger partial charge in [0.2, 0.25) is 5.91 Å². The Morgan fingerprint density at radius 1 is 1.29 bits per heavy atom. The van der Waals surface area contributed by atoms with Crippen molar-refractivity contribution in [1.29, 1.82) is 0 Å². The van der Waals surface area contributed by atoms with Gasteiger partial charge in [-0.25, -0.2) is 0 Å². The van der Waals surface area contributed by atoms with Crippen molar-refractivity contribution in [1.82, 2.24) is 5.32 Å². The van der Waals surface area contributed by atoms with Crippen molar-refractivity contribution in [2.45, 2.75) is 18.5 Å². The van der Waals surface area contributed by atoms with Crippen LogP contribution in [0.25, 0.3) is 0 Å². The van der Waals surface area contributed by atoms with E-state index in [9.17, 15) is 18.0 Å². The second kappa shape index (κ2) is 4.05. The molecule has 0 aliphatic heterocycles. The van der Waals surface area contributed by atoms with E-state index in [0.717, 1.165) is 17.7 Å². The normalized spacial score (nSPS) is 23.3. The number of hydrogen-bond acceptors (Lipinski definition) is 1. The molecule has 1 aromatic carbocycles. The molecule has 1 N–H and O–H groups in total. The summed E-state index contributed by atoms with van der Waals surface area (Å²) >= 11 is 0. The average molecular weight is 243 g/mol. The van der Waals surface area contributed by atoms with Crippen molar-refractivity contribution in [3.63, 3.8) is 0 Å². The van der Waals surface area contributed by atoms with Gasteiger partial charge >= 0.3 is 6.18 Å². The van der Waals surface area contributed by atoms with Crippen LogP contribution < -0.4 is 5.32 Å². The van der Waals surface area contributed by atoms with Crippen LogP contribution in [-0.2, 0) is 11.0 Å². The molecule has 2 nitrogen and oxygen atoms in total. The molecule has 17 heavy (non-hydrogen) atoms. The Kier molecular flexibility index (Phi) is 2.85. The van der Waals surface area contributed by atoms with E-state index >= 15 is 0 Å². The van der Waals surface area contributed by atoms with Gasteiger partial charge in [0.05, 0.1) is 5.56 Å². The highest BCUT2D eigenvalue weighted by Crippen LogP contribution is 2.47. The summed E-state index contributed by atoms with van der Waals surface area (Å²) in [6, 6.07) is 5.04. The van der Waals surface area contributed by atoms with Gasteiger partial charge in [-0.05, 0) is 30.0 Å². The Balaban J connectivity index is 2.08. The Morgan fingerprint density at radius 3 is 2.35 bits per heavy atom. The van der Waals surface area contributed by atoms with E-state index in [2.05, 4.69) is 5.32 Å². The van der Waals surface area contributed by atoms with Gasteiger partial charge in [0.15, 0.2) is 0 Å². The van der Waals surface area contributed by atoms with Crippen molar-refractivity contribution in [2.75, 3.05) is 7.05 Å². The molecule has 0 radical (unpaired) electrons. The fraction of sp³-hybridized carbons (Fsp3) is 0.417. The molecule has 2 rings (SSSR count). The van der Waals surface area contributed by atoms with Crippen LogP contribution in [0.3, 0.4) is 0 Å². The predicted octanol–water partition coefficient (Wildman–Crippen LogP) is 2.55. The second-order valence-electron chi connectivity index (χ2n) is 4.18. The van der Waals surface area contributed by atoms with Crippen molar-refractivity contribution in [2.24, 2.45) is 5.92 Å². The number of carbonyl (C=O) groups is 1. The van der Waals surface area contributed by atoms with Gasteiger partial charge in [-0.2, -0.15) is 13.2 Å². The predicted molar refractivity (Wildman–Crippen MR) is 56.4 cm³/mol. The first kappa shape index (κ1) is 12.0. The van der Waals surface area contributed by atoms with Gasteiger partial charge < -0.3 is 5.32 Å². The van der Waals surface area contributed by atoms with Crippen molar-refractivity contribution < 1.29 is 18.0 Å². The minimum atomic E-state index is -4.30. The number of benzene rings is 1. The molecule has 2 atom stereocenters. The number of halogens is 3. The molecule has 1 fully saturated rings. The SMILES string of the molecule is CNC(=O)C1CC1c1ccc(C(F)(F)F)cc1. The van der Waals surface area contributed by atoms with E-state index < -0.39 is 11.7 Å². The molecule has 1 aliphatic carbocycles. The second-order valence-corrected chi connectivity index (χ2v) is 4.18. The molecule has 1 amide bonds. The summed E-state index contributed by atoms with van der Waals surface area (Å²) in [6.45, 7) is 0. The molecule has 5 heteroatoms. The summed E-state index contributed by atoms with van der Waals surface area (Å²) in [5, 5.41) is 2.54. The standard InChI is InChI=1S/C12H12F3NO/c1-16-11(17)10-6-9(10)7-2-4-8(5-3-7)12(13,14)15/h2-5,9-10H,6H2,1H3,(H,16,17). The summed E-state index contributed by atoms with van der Waals surface area (Å²) in [6.07, 6.45) is -3.59. The van der Waals surface area contributed by atoms with Crippen molar-refractivity contribution in [3.8, 4) is 0 Å². The topological polar surface area (TPSA) is 29.1 Å². The van der Waals surface area contributed by atoms with Gasteiger partial charge in [-0.3, -0.25) is 4.79 Å². The van der Waals surface area contributed by atoms with Gasteiger partial charge in [0.1, 0.15) is 0 Å². The lowest BCUT2D eigenvalue weighted by molar-refractivity contribution is -0.137. The number of nitrogens with one attached hydrogen (secondary N) is 1. The van der Waals surface area contributed by atoms with Crippen LogP contribution in [-0.4, -0.2) is 13.0 Å². The summed E-state index contributed by atoms with van der Waals surface area (Å²) in [7, 11) is 1.56. The number of alkyl halides is 3. The summed E-state index contributed by atoms with van der Waals surface area (Å²) in [5.74, 6) is -0.0659. The summed E-state index contributed by atoms with van der Waals surface area (Å²) < 4.78 is 37.0. The van der Waals surface area contributed by atoms with Gasteiger partial charge in [-0.15, -0.1) is 0 Å². The highest BCUT2D eigenvalue weighted by Gasteiger charge is 2.43. The van der Waals surface area contributed by atoms with Crippen LogP contribution in [0.15, 0.2) is 24.3 Å². The highest BCUT2D eigenvalue weighted by atomic mass is 19.4. The zero-order valence-electron chi connectivity index (χ0n) is 9.21. The Labute approximate surface area is 96.8 Å². The van der Waals surface area contributed by atoms with Crippen LogP contribution in [0.5, 0.6) is 0 Å². The van der Waals surface area contributed by atoms with Gasteiger partial charge in [0.25, 0.3) is 0 Å². The molecular weight excluding hydrogens is 231 g/mol. The van der Waals surface area contributed by atoms with E-state index in [0.29, 0.717) is 6.42 Å². The lowest BCUT2D eigenvalue weighted by Gasteiger charge is -2.07. The van der Waals surface area contributed by atoms with E-state index in [4.69, 9.17) is 0 Å². The van der Waals surface area contributed by atoms with Crippen molar-refractivity contribution >= 4 is 5.91 Å². The average Bonchev–Trinajstić information content (AvgIpc) is 3.07. The largest absolute Gasteiger partial charge is 0.416 e. The van der Waals surface area contributed by atoms with Crippen LogP contribution >= 0.6 is 0 Å². The fourth-order valence-corrected chi connectivity index (χ4v) is 1.96. The van der Waals surface area contributed by atoms with E-state index in [1.54, 1.807) is 7.05 Å². The lowest BCUT2D eigenvalue weighted by atomic mass is 10.1. The molecule has 0 saturated heterocycles. The maximum atomic E-state index is 12.3. The van der Waals surface area contributed by atoms with Crippen molar-refractivity contribution in [3.05, 3.63) is 35.4 Å². The molecule has 1 aliphatic rings. The lowest BCUT2D eigenvalue weighted by Crippen LogP contribution is -2.20. The van der Waals surface area contributed by atoms with Crippen LogP contribution in [0.2, 0.25) is 0 Å². The molecule has 0 aromatic heterocycles. The highest BCUT2D eigenvalue weighted by molar-refractivity contribution is 5.82. The molecule has 0 spiro atoms. The maximum absolute atomic E-state index is 12.3. The zero-order valence-corrected chi connectivity index (χ0v) is 9.21. The van der Waals surface area contributed by atoms with Gasteiger partial charge in [0, 0.05) is 13.0 Å². The first-order valence-electron chi connectivity index (χ1n) is 5.32. The fourth-order valence-electron chi connectivity index (χ4n) is 1.96. The quantitative estimate of drug-likeness (QED) is 0.849. The third kappa shape index (κ3) is 2.43. The van der Waals surface area contributed by atoms with Gasteiger partial charge in [-0.1, -0.05) is 12.1 Å². The molecule has 1 aromatic rings. The van der Waals surface area contributed by atoms with Crippen LogP contribution in [0, 0.1) is 5.92 Å². The maximum Gasteiger partial charge on any atom is 0.416 e. The number of carbonyl (C=O) groups excluding carboxylic acids is 1. The minimum absolute atomic E-state index is 0.0464. The summed E-state index contributed by atoms with van der Waals surface area (Å²) in [4.78, 5) is 11.3. The Morgan fingerprint density at radius 2 is 1.88 bits per heavy atom. The summed E-state index contributed by atoms with van der Waals surface area (Å²) in [5.41, 5.74) is 0.144. The molecule has 0 bridgehead atoms. The Hall–Kier alpha value is -1.52. The van der Waals surface area contributed by atoms with Crippen LogP contribution in [0.1, 0.15) is 23.5 Å². The monoisotopic (exact) mass is 243 g/mol. The molecular formula is C12H12F3NO. The molecule has 1 saturated carbocycles. The van der Waals surface area contributed by atoms with Crippen LogP contribution in [0.4, 0.5) is 13.2 Å².